The van der Waals surface area contributed by atoms with Crippen LogP contribution in [0.4, 0.5) is 11.4 Å². The predicted molar refractivity (Wildman–Crippen MR) is 115 cm³/mol. The molecule has 1 aliphatic rings. The fourth-order valence-corrected chi connectivity index (χ4v) is 3.78. The van der Waals surface area contributed by atoms with Crippen molar-refractivity contribution in [2.24, 2.45) is 0 Å². The highest BCUT2D eigenvalue weighted by Crippen LogP contribution is 2.28. The molecular weight excluding hydrogens is 402 g/mol. The molecule has 0 saturated carbocycles. The van der Waals surface area contributed by atoms with E-state index in [1.807, 2.05) is 24.3 Å². The molecule has 0 bridgehead atoms. The van der Waals surface area contributed by atoms with Crippen molar-refractivity contribution in [1.82, 2.24) is 15.1 Å². The number of rotatable bonds is 7. The number of furan rings is 1. The van der Waals surface area contributed by atoms with E-state index in [2.05, 4.69) is 31.2 Å². The van der Waals surface area contributed by atoms with E-state index < -0.39 is 0 Å². The minimum atomic E-state index is -0.142. The summed E-state index contributed by atoms with van der Waals surface area (Å²) < 4.78 is 10.7. The van der Waals surface area contributed by atoms with Crippen molar-refractivity contribution in [3.8, 4) is 24.0 Å². The second kappa shape index (κ2) is 9.52. The Hall–Kier alpha value is -3.22. The number of benzene rings is 1. The van der Waals surface area contributed by atoms with Gasteiger partial charge in [-0.1, -0.05) is 29.8 Å². The fourth-order valence-electron chi connectivity index (χ4n) is 3.21. The van der Waals surface area contributed by atoms with Crippen LogP contribution in [0.2, 0.25) is 0 Å². The molecule has 1 N–H and O–H groups in total. The van der Waals surface area contributed by atoms with Crippen LogP contribution in [0.5, 0.6) is 0 Å². The minimum absolute atomic E-state index is 0.142. The average molecular weight is 423 g/mol. The molecule has 1 amide bonds. The highest BCUT2D eigenvalue weighted by atomic mass is 32.2. The third-order valence-corrected chi connectivity index (χ3v) is 5.49. The number of aromatic nitrogens is 2. The Morgan fingerprint density at radius 3 is 2.77 bits per heavy atom. The Labute approximate surface area is 178 Å². The highest BCUT2D eigenvalue weighted by molar-refractivity contribution is 7.99. The summed E-state index contributed by atoms with van der Waals surface area (Å²) in [4.78, 5) is 17.0. The van der Waals surface area contributed by atoms with Crippen LogP contribution in [0.3, 0.4) is 0 Å². The lowest BCUT2D eigenvalue weighted by molar-refractivity contribution is -0.113. The normalized spacial score (nSPS) is 14.4. The summed E-state index contributed by atoms with van der Waals surface area (Å²) in [5.74, 6) is 3.49. The van der Waals surface area contributed by atoms with Gasteiger partial charge in [-0.25, -0.2) is 0 Å². The molecule has 0 radical (unpaired) electrons. The number of carbonyl (C=O) groups is 1. The van der Waals surface area contributed by atoms with Crippen LogP contribution in [-0.4, -0.2) is 59.5 Å². The largest absolute Gasteiger partial charge is 0.459 e. The SMILES string of the molecule is C#CCN1CCN(c2ccccc2NC(=O)CSc2nnc(-c3ccco3)o2)CC1. The first-order chi connectivity index (χ1) is 14.7. The van der Waals surface area contributed by atoms with Gasteiger partial charge >= 0.3 is 0 Å². The van der Waals surface area contributed by atoms with E-state index >= 15 is 0 Å². The molecule has 1 fully saturated rings. The van der Waals surface area contributed by atoms with Gasteiger partial charge in [0.15, 0.2) is 5.76 Å². The summed E-state index contributed by atoms with van der Waals surface area (Å²) >= 11 is 1.18. The number of anilines is 2. The Bertz CT molecular complexity index is 1020. The topological polar surface area (TPSA) is 87.6 Å². The smallest absolute Gasteiger partial charge is 0.284 e. The van der Waals surface area contributed by atoms with E-state index in [0.29, 0.717) is 17.5 Å². The molecule has 9 heteroatoms. The molecule has 2 aromatic heterocycles. The van der Waals surface area contributed by atoms with Crippen molar-refractivity contribution in [1.29, 1.82) is 0 Å². The van der Waals surface area contributed by atoms with Gasteiger partial charge in [-0.15, -0.1) is 16.6 Å². The van der Waals surface area contributed by atoms with Crippen LogP contribution in [0, 0.1) is 12.3 Å². The second-order valence-corrected chi connectivity index (χ2v) is 7.60. The third kappa shape index (κ3) is 4.84. The Morgan fingerprint density at radius 1 is 1.17 bits per heavy atom. The summed E-state index contributed by atoms with van der Waals surface area (Å²) in [5.41, 5.74) is 1.80. The number of amides is 1. The van der Waals surface area contributed by atoms with Gasteiger partial charge in [0.05, 0.1) is 29.9 Å². The van der Waals surface area contributed by atoms with Gasteiger partial charge in [0, 0.05) is 26.2 Å². The van der Waals surface area contributed by atoms with E-state index in [1.54, 1.807) is 12.1 Å². The van der Waals surface area contributed by atoms with Crippen molar-refractivity contribution in [3.05, 3.63) is 42.7 Å². The van der Waals surface area contributed by atoms with Gasteiger partial charge in [-0.3, -0.25) is 9.69 Å². The zero-order valence-electron chi connectivity index (χ0n) is 16.3. The van der Waals surface area contributed by atoms with Crippen LogP contribution in [0.25, 0.3) is 11.7 Å². The van der Waals surface area contributed by atoms with Gasteiger partial charge in [0.1, 0.15) is 0 Å². The summed E-state index contributed by atoms with van der Waals surface area (Å²) in [6, 6.07) is 11.3. The first-order valence-electron chi connectivity index (χ1n) is 9.53. The maximum atomic E-state index is 12.5. The summed E-state index contributed by atoms with van der Waals surface area (Å²) in [5, 5.41) is 11.2. The molecule has 1 aromatic carbocycles. The predicted octanol–water partition coefficient (Wildman–Crippen LogP) is 2.82. The minimum Gasteiger partial charge on any atom is -0.459 e. The maximum Gasteiger partial charge on any atom is 0.284 e. The van der Waals surface area contributed by atoms with Crippen molar-refractivity contribution in [2.45, 2.75) is 5.22 Å². The number of nitrogens with zero attached hydrogens (tertiary/aromatic N) is 4. The number of hydrogen-bond acceptors (Lipinski definition) is 8. The molecular formula is C21H21N5O3S. The van der Waals surface area contributed by atoms with E-state index in [9.17, 15) is 4.79 Å². The number of piperazine rings is 1. The molecule has 1 saturated heterocycles. The zero-order valence-corrected chi connectivity index (χ0v) is 17.1. The molecule has 0 unspecified atom stereocenters. The van der Waals surface area contributed by atoms with E-state index in [0.717, 1.165) is 37.6 Å². The molecule has 3 aromatic rings. The van der Waals surface area contributed by atoms with Crippen LogP contribution >= 0.6 is 11.8 Å². The van der Waals surface area contributed by atoms with Gasteiger partial charge < -0.3 is 19.1 Å². The zero-order chi connectivity index (χ0) is 20.8. The number of nitrogens with one attached hydrogen (secondary N) is 1. The number of terminal acetylenes is 1. The molecule has 154 valence electrons. The van der Waals surface area contributed by atoms with Gasteiger partial charge in [-0.05, 0) is 24.3 Å². The Morgan fingerprint density at radius 2 is 2.00 bits per heavy atom. The second-order valence-electron chi connectivity index (χ2n) is 6.67. The number of thioether (sulfide) groups is 1. The molecule has 8 nitrogen and oxygen atoms in total. The number of para-hydroxylation sites is 2. The standard InChI is InChI=1S/C21H21N5O3S/c1-2-9-25-10-12-26(13-11-25)17-7-4-3-6-16(17)22-19(27)15-30-21-24-23-20(29-21)18-8-5-14-28-18/h1,3-8,14H,9-13,15H2,(H,22,27). The average Bonchev–Trinajstić information content (AvgIpc) is 3.46. The van der Waals surface area contributed by atoms with Gasteiger partial charge in [0.25, 0.3) is 11.1 Å². The molecule has 0 atom stereocenters. The third-order valence-electron chi connectivity index (χ3n) is 4.67. The van der Waals surface area contributed by atoms with Crippen LogP contribution in [0.15, 0.2) is 56.7 Å². The van der Waals surface area contributed by atoms with Crippen molar-refractivity contribution < 1.29 is 13.6 Å². The van der Waals surface area contributed by atoms with Crippen LogP contribution < -0.4 is 10.2 Å². The first kappa shape index (κ1) is 20.1. The fraction of sp³-hybridized carbons (Fsp3) is 0.286. The highest BCUT2D eigenvalue weighted by Gasteiger charge is 2.19. The quantitative estimate of drug-likeness (QED) is 0.459. The summed E-state index contributed by atoms with van der Waals surface area (Å²) in [7, 11) is 0. The summed E-state index contributed by atoms with van der Waals surface area (Å²) in [6.45, 7) is 4.19. The van der Waals surface area contributed by atoms with Crippen molar-refractivity contribution in [2.75, 3.05) is 48.7 Å². The Kier molecular flexibility index (Phi) is 6.37. The van der Waals surface area contributed by atoms with Crippen LogP contribution in [-0.2, 0) is 4.79 Å². The lowest BCUT2D eigenvalue weighted by Gasteiger charge is -2.36. The maximum absolute atomic E-state index is 12.5. The molecule has 3 heterocycles. The summed E-state index contributed by atoms with van der Waals surface area (Å²) in [6.07, 6.45) is 6.94. The van der Waals surface area contributed by atoms with E-state index in [4.69, 9.17) is 15.3 Å². The Balaban J connectivity index is 1.33. The van der Waals surface area contributed by atoms with Crippen molar-refractivity contribution >= 4 is 29.0 Å². The molecule has 4 rings (SSSR count). The molecule has 0 aliphatic carbocycles. The van der Waals surface area contributed by atoms with Gasteiger partial charge in [0.2, 0.25) is 5.91 Å². The molecule has 1 aliphatic heterocycles. The monoisotopic (exact) mass is 423 g/mol. The molecule has 30 heavy (non-hydrogen) atoms. The number of carbonyl (C=O) groups excluding carboxylic acids is 1. The van der Waals surface area contributed by atoms with Gasteiger partial charge in [-0.2, -0.15) is 0 Å². The van der Waals surface area contributed by atoms with Crippen LogP contribution in [0.1, 0.15) is 0 Å². The van der Waals surface area contributed by atoms with E-state index in [-0.39, 0.29) is 17.6 Å². The molecule has 0 spiro atoms. The van der Waals surface area contributed by atoms with E-state index in [1.165, 1.54) is 18.0 Å². The van der Waals surface area contributed by atoms with Crippen molar-refractivity contribution in [3.63, 3.8) is 0 Å². The number of hydrogen-bond donors (Lipinski definition) is 1. The lowest BCUT2D eigenvalue weighted by Crippen LogP contribution is -2.46. The lowest BCUT2D eigenvalue weighted by atomic mass is 10.2. The first-order valence-corrected chi connectivity index (χ1v) is 10.5.